The Balaban J connectivity index is 2.93. The molecule has 0 unspecified atom stereocenters. The number of amides is 1. The third-order valence-corrected chi connectivity index (χ3v) is 4.25. The Morgan fingerprint density at radius 1 is 0.917 bits per heavy atom. The van der Waals surface area contributed by atoms with E-state index < -0.39 is 36.3 Å². The van der Waals surface area contributed by atoms with Crippen LogP contribution >= 0.6 is 0 Å². The lowest BCUT2D eigenvalue weighted by Gasteiger charge is -2.27. The van der Waals surface area contributed by atoms with Gasteiger partial charge in [-0.15, -0.1) is 0 Å². The van der Waals surface area contributed by atoms with Gasteiger partial charge in [0.05, 0.1) is 33.7 Å². The summed E-state index contributed by atoms with van der Waals surface area (Å²) in [6.07, 6.45) is 4.05. The molecule has 1 amide bonds. The second kappa shape index (κ2) is 9.89. The number of hydrogen-bond acceptors (Lipinski definition) is 7. The summed E-state index contributed by atoms with van der Waals surface area (Å²) in [4.78, 5) is 48.0. The first-order chi connectivity index (χ1) is 11.4. The van der Waals surface area contributed by atoms with Crippen LogP contribution in [0.3, 0.4) is 0 Å². The van der Waals surface area contributed by atoms with Crippen molar-refractivity contribution in [3.63, 3.8) is 0 Å². The van der Waals surface area contributed by atoms with E-state index in [1.807, 2.05) is 0 Å². The van der Waals surface area contributed by atoms with Crippen molar-refractivity contribution in [1.82, 2.24) is 5.32 Å². The standard InChI is InChI=1S/C16H25NO7/c1-22-12(18)9-11(15(20)23-2)13(16(21)24-3)17-14(19)10-7-5-4-6-8-10/h10-11,13H,4-9H2,1-3H3,(H,17,19)/t11-,13-/m0/s1. The van der Waals surface area contributed by atoms with E-state index in [2.05, 4.69) is 19.5 Å². The quantitative estimate of drug-likeness (QED) is 0.532. The maximum Gasteiger partial charge on any atom is 0.329 e. The normalized spacial score (nSPS) is 17.3. The first-order valence-corrected chi connectivity index (χ1v) is 7.97. The van der Waals surface area contributed by atoms with Crippen LogP contribution in [-0.4, -0.2) is 51.2 Å². The van der Waals surface area contributed by atoms with Crippen molar-refractivity contribution < 1.29 is 33.4 Å². The molecular formula is C16H25NO7. The van der Waals surface area contributed by atoms with E-state index in [9.17, 15) is 19.2 Å². The summed E-state index contributed by atoms with van der Waals surface area (Å²) in [6, 6.07) is -1.30. The van der Waals surface area contributed by atoms with Gasteiger partial charge in [0, 0.05) is 5.92 Å². The lowest BCUT2D eigenvalue weighted by molar-refractivity contribution is -0.159. The average Bonchev–Trinajstić information content (AvgIpc) is 2.63. The molecule has 0 radical (unpaired) electrons. The van der Waals surface area contributed by atoms with E-state index >= 15 is 0 Å². The molecule has 0 saturated heterocycles. The fraction of sp³-hybridized carbons (Fsp3) is 0.750. The third-order valence-electron chi connectivity index (χ3n) is 4.25. The number of carbonyl (C=O) groups is 4. The summed E-state index contributed by atoms with van der Waals surface area (Å²) in [7, 11) is 3.46. The Morgan fingerprint density at radius 3 is 2.00 bits per heavy atom. The molecule has 1 N–H and O–H groups in total. The van der Waals surface area contributed by atoms with Gasteiger partial charge in [-0.05, 0) is 12.8 Å². The zero-order chi connectivity index (χ0) is 18.1. The molecule has 0 bridgehead atoms. The van der Waals surface area contributed by atoms with Crippen LogP contribution in [-0.2, 0) is 33.4 Å². The van der Waals surface area contributed by atoms with Crippen LogP contribution in [0.25, 0.3) is 0 Å². The molecule has 136 valence electrons. The topological polar surface area (TPSA) is 108 Å². The van der Waals surface area contributed by atoms with Gasteiger partial charge < -0.3 is 19.5 Å². The van der Waals surface area contributed by atoms with Gasteiger partial charge in [-0.3, -0.25) is 14.4 Å². The Kier molecular flexibility index (Phi) is 8.21. The molecule has 0 aliphatic heterocycles. The van der Waals surface area contributed by atoms with Crippen molar-refractivity contribution in [2.45, 2.75) is 44.6 Å². The van der Waals surface area contributed by atoms with Gasteiger partial charge in [0.25, 0.3) is 0 Å². The van der Waals surface area contributed by atoms with E-state index in [0.29, 0.717) is 0 Å². The minimum absolute atomic E-state index is 0.206. The largest absolute Gasteiger partial charge is 0.469 e. The molecule has 1 aliphatic carbocycles. The number of nitrogens with one attached hydrogen (secondary N) is 1. The van der Waals surface area contributed by atoms with E-state index in [1.54, 1.807) is 0 Å². The van der Waals surface area contributed by atoms with Crippen LogP contribution in [0.2, 0.25) is 0 Å². The molecule has 0 spiro atoms. The van der Waals surface area contributed by atoms with E-state index in [-0.39, 0.29) is 11.8 Å². The smallest absolute Gasteiger partial charge is 0.329 e. The van der Waals surface area contributed by atoms with Gasteiger partial charge >= 0.3 is 17.9 Å². The van der Waals surface area contributed by atoms with Crippen molar-refractivity contribution in [3.05, 3.63) is 0 Å². The first kappa shape index (κ1) is 19.9. The summed E-state index contributed by atoms with van der Waals surface area (Å²) in [6.45, 7) is 0. The van der Waals surface area contributed by atoms with E-state index in [0.717, 1.165) is 46.3 Å². The van der Waals surface area contributed by atoms with Crippen LogP contribution in [0.4, 0.5) is 0 Å². The average molecular weight is 343 g/mol. The highest BCUT2D eigenvalue weighted by Gasteiger charge is 2.39. The van der Waals surface area contributed by atoms with Gasteiger partial charge in [0.1, 0.15) is 6.04 Å². The number of esters is 3. The molecule has 0 aromatic heterocycles. The van der Waals surface area contributed by atoms with Crippen LogP contribution in [0.15, 0.2) is 0 Å². The minimum Gasteiger partial charge on any atom is -0.469 e. The van der Waals surface area contributed by atoms with Gasteiger partial charge in [-0.2, -0.15) is 0 Å². The number of rotatable bonds is 7. The Bertz CT molecular complexity index is 471. The monoisotopic (exact) mass is 343 g/mol. The molecule has 1 saturated carbocycles. The van der Waals surface area contributed by atoms with Crippen molar-refractivity contribution >= 4 is 23.8 Å². The van der Waals surface area contributed by atoms with Crippen molar-refractivity contribution in [2.24, 2.45) is 11.8 Å². The molecular weight excluding hydrogens is 318 g/mol. The maximum absolute atomic E-state index is 12.4. The fourth-order valence-electron chi connectivity index (χ4n) is 2.84. The molecule has 24 heavy (non-hydrogen) atoms. The Morgan fingerprint density at radius 2 is 1.50 bits per heavy atom. The molecule has 2 atom stereocenters. The minimum atomic E-state index is -1.30. The fourth-order valence-corrected chi connectivity index (χ4v) is 2.84. The molecule has 0 aromatic rings. The van der Waals surface area contributed by atoms with Crippen LogP contribution in [0.1, 0.15) is 38.5 Å². The lowest BCUT2D eigenvalue weighted by atomic mass is 9.87. The lowest BCUT2D eigenvalue weighted by Crippen LogP contribution is -2.51. The zero-order valence-electron chi connectivity index (χ0n) is 14.3. The van der Waals surface area contributed by atoms with Crippen LogP contribution < -0.4 is 5.32 Å². The highest BCUT2D eigenvalue weighted by atomic mass is 16.5. The molecule has 0 aromatic carbocycles. The summed E-state index contributed by atoms with van der Waals surface area (Å²) in [5, 5.41) is 2.56. The highest BCUT2D eigenvalue weighted by Crippen LogP contribution is 2.24. The highest BCUT2D eigenvalue weighted by molar-refractivity contribution is 5.91. The predicted octanol–water partition coefficient (Wildman–Crippen LogP) is 0.577. The van der Waals surface area contributed by atoms with Gasteiger partial charge in [-0.1, -0.05) is 19.3 Å². The Labute approximate surface area is 141 Å². The molecule has 0 heterocycles. The van der Waals surface area contributed by atoms with Gasteiger partial charge in [-0.25, -0.2) is 4.79 Å². The third kappa shape index (κ3) is 5.50. The maximum atomic E-state index is 12.4. The molecule has 8 nitrogen and oxygen atoms in total. The summed E-state index contributed by atoms with van der Waals surface area (Å²) in [5.41, 5.74) is 0. The van der Waals surface area contributed by atoms with Crippen molar-refractivity contribution in [2.75, 3.05) is 21.3 Å². The van der Waals surface area contributed by atoms with E-state index in [1.165, 1.54) is 7.11 Å². The number of methoxy groups -OCH3 is 3. The molecule has 1 fully saturated rings. The number of hydrogen-bond donors (Lipinski definition) is 1. The summed E-state index contributed by atoms with van der Waals surface area (Å²) >= 11 is 0. The summed E-state index contributed by atoms with van der Waals surface area (Å²) in [5.74, 6) is -4.02. The van der Waals surface area contributed by atoms with Gasteiger partial charge in [0.15, 0.2) is 0 Å². The second-order valence-electron chi connectivity index (χ2n) is 5.75. The SMILES string of the molecule is COC(=O)C[C@H](C(=O)OC)[C@H](NC(=O)C1CCCCC1)C(=O)OC. The van der Waals surface area contributed by atoms with Crippen LogP contribution in [0.5, 0.6) is 0 Å². The Hall–Kier alpha value is -2.12. The van der Waals surface area contributed by atoms with Crippen molar-refractivity contribution in [1.29, 1.82) is 0 Å². The summed E-state index contributed by atoms with van der Waals surface area (Å²) < 4.78 is 13.9. The first-order valence-electron chi connectivity index (χ1n) is 7.97. The number of carbonyl (C=O) groups excluding carboxylic acids is 4. The van der Waals surface area contributed by atoms with Gasteiger partial charge in [0.2, 0.25) is 5.91 Å². The molecule has 1 rings (SSSR count). The second-order valence-corrected chi connectivity index (χ2v) is 5.75. The number of ether oxygens (including phenoxy) is 3. The molecule has 1 aliphatic rings. The molecule has 8 heteroatoms. The van der Waals surface area contributed by atoms with E-state index in [4.69, 9.17) is 0 Å². The van der Waals surface area contributed by atoms with Crippen molar-refractivity contribution in [3.8, 4) is 0 Å². The van der Waals surface area contributed by atoms with Crippen LogP contribution in [0, 0.1) is 11.8 Å². The predicted molar refractivity (Wildman–Crippen MR) is 82.7 cm³/mol. The zero-order valence-corrected chi connectivity index (χ0v) is 14.3.